The number of nitrogens with zero attached hydrogens (tertiary/aromatic N) is 1. The monoisotopic (exact) mass is 201 g/mol. The van der Waals surface area contributed by atoms with E-state index in [9.17, 15) is 8.78 Å². The van der Waals surface area contributed by atoms with E-state index in [-0.39, 0.29) is 0 Å². The Morgan fingerprint density at radius 3 is 1.86 bits per heavy atom. The second-order valence-electron chi connectivity index (χ2n) is 3.09. The molecule has 6 heteroatoms. The molecule has 1 aromatic carbocycles. The van der Waals surface area contributed by atoms with Crippen molar-refractivity contribution >= 4 is 18.3 Å². The molecule has 0 unspecified atom stereocenters. The molecule has 0 aliphatic rings. The van der Waals surface area contributed by atoms with Crippen molar-refractivity contribution in [2.45, 2.75) is 0 Å². The zero-order valence-electron chi connectivity index (χ0n) is 7.83. The van der Waals surface area contributed by atoms with Gasteiger partial charge < -0.3 is 14.9 Å². The third-order valence-corrected chi connectivity index (χ3v) is 1.84. The van der Waals surface area contributed by atoms with Gasteiger partial charge in [0.2, 0.25) is 0 Å². The maximum atomic E-state index is 13.1. The van der Waals surface area contributed by atoms with Gasteiger partial charge in [0, 0.05) is 19.8 Å². The molecular formula is C8H10BF2NO2. The van der Waals surface area contributed by atoms with E-state index < -0.39 is 24.2 Å². The highest BCUT2D eigenvalue weighted by Gasteiger charge is 2.22. The first kappa shape index (κ1) is 10.9. The molecule has 0 bridgehead atoms. The standard InChI is InChI=1S/C8H10BF2NO2/c1-12(2)5-3-6(10)8(9(13)14)7(11)4-5/h3-4,13-14H,1-2H3. The first-order valence-electron chi connectivity index (χ1n) is 3.96. The van der Waals surface area contributed by atoms with Crippen LogP contribution in [-0.4, -0.2) is 31.3 Å². The van der Waals surface area contributed by atoms with Gasteiger partial charge in [-0.05, 0) is 12.1 Å². The van der Waals surface area contributed by atoms with Crippen LogP contribution in [-0.2, 0) is 0 Å². The number of rotatable bonds is 2. The average Bonchev–Trinajstić information content (AvgIpc) is 2.01. The maximum absolute atomic E-state index is 13.1. The maximum Gasteiger partial charge on any atom is 0.494 e. The van der Waals surface area contributed by atoms with Crippen LogP contribution in [0.4, 0.5) is 14.5 Å². The third-order valence-electron chi connectivity index (χ3n) is 1.84. The molecular weight excluding hydrogens is 191 g/mol. The quantitative estimate of drug-likeness (QED) is 0.646. The van der Waals surface area contributed by atoms with E-state index in [4.69, 9.17) is 10.0 Å². The summed E-state index contributed by atoms with van der Waals surface area (Å²) in [6.07, 6.45) is 0. The van der Waals surface area contributed by atoms with Gasteiger partial charge in [0.25, 0.3) is 0 Å². The molecule has 0 aromatic heterocycles. The molecule has 0 aliphatic heterocycles. The SMILES string of the molecule is CN(C)c1cc(F)c(B(O)O)c(F)c1. The summed E-state index contributed by atoms with van der Waals surface area (Å²) < 4.78 is 26.3. The largest absolute Gasteiger partial charge is 0.494 e. The zero-order chi connectivity index (χ0) is 10.9. The molecule has 0 heterocycles. The van der Waals surface area contributed by atoms with Crippen LogP contribution >= 0.6 is 0 Å². The average molecular weight is 201 g/mol. The van der Waals surface area contributed by atoms with Gasteiger partial charge >= 0.3 is 7.12 Å². The van der Waals surface area contributed by atoms with E-state index in [1.807, 2.05) is 0 Å². The molecule has 0 aliphatic carbocycles. The van der Waals surface area contributed by atoms with Gasteiger partial charge in [-0.15, -0.1) is 0 Å². The van der Waals surface area contributed by atoms with Gasteiger partial charge in [0.15, 0.2) is 0 Å². The Kier molecular flexibility index (Phi) is 3.08. The van der Waals surface area contributed by atoms with E-state index in [2.05, 4.69) is 0 Å². The number of anilines is 1. The number of hydrogen-bond acceptors (Lipinski definition) is 3. The predicted molar refractivity (Wildman–Crippen MR) is 50.5 cm³/mol. The van der Waals surface area contributed by atoms with Crippen molar-refractivity contribution in [2.24, 2.45) is 0 Å². The number of halogens is 2. The van der Waals surface area contributed by atoms with Crippen molar-refractivity contribution < 1.29 is 18.8 Å². The van der Waals surface area contributed by atoms with Crippen LogP contribution in [0, 0.1) is 11.6 Å². The minimum atomic E-state index is -2.13. The van der Waals surface area contributed by atoms with Crippen LogP contribution in [0.3, 0.4) is 0 Å². The van der Waals surface area contributed by atoms with Crippen molar-refractivity contribution in [3.63, 3.8) is 0 Å². The second-order valence-corrected chi connectivity index (χ2v) is 3.09. The molecule has 0 fully saturated rings. The van der Waals surface area contributed by atoms with Gasteiger partial charge in [-0.25, -0.2) is 8.78 Å². The van der Waals surface area contributed by atoms with Crippen molar-refractivity contribution in [2.75, 3.05) is 19.0 Å². The van der Waals surface area contributed by atoms with E-state index in [0.717, 1.165) is 12.1 Å². The summed E-state index contributed by atoms with van der Waals surface area (Å²) in [5, 5.41) is 17.4. The fourth-order valence-corrected chi connectivity index (χ4v) is 1.08. The molecule has 0 spiro atoms. The van der Waals surface area contributed by atoms with E-state index in [1.54, 1.807) is 14.1 Å². The third kappa shape index (κ3) is 2.02. The Bertz CT molecular complexity index is 321. The highest BCUT2D eigenvalue weighted by Crippen LogP contribution is 2.14. The van der Waals surface area contributed by atoms with Crippen molar-refractivity contribution in [1.29, 1.82) is 0 Å². The lowest BCUT2D eigenvalue weighted by atomic mass is 9.79. The highest BCUT2D eigenvalue weighted by molar-refractivity contribution is 6.58. The summed E-state index contributed by atoms with van der Waals surface area (Å²) in [6, 6.07) is 2.08. The highest BCUT2D eigenvalue weighted by atomic mass is 19.1. The molecule has 3 nitrogen and oxygen atoms in total. The van der Waals surface area contributed by atoms with Gasteiger partial charge in [-0.2, -0.15) is 0 Å². The molecule has 14 heavy (non-hydrogen) atoms. The summed E-state index contributed by atoms with van der Waals surface area (Å²) in [5.74, 6) is -1.94. The van der Waals surface area contributed by atoms with Crippen LogP contribution in [0.5, 0.6) is 0 Å². The summed E-state index contributed by atoms with van der Waals surface area (Å²) in [7, 11) is 1.12. The summed E-state index contributed by atoms with van der Waals surface area (Å²) in [5.41, 5.74) is -0.403. The minimum Gasteiger partial charge on any atom is -0.423 e. The zero-order valence-corrected chi connectivity index (χ0v) is 7.83. The normalized spacial score (nSPS) is 10.1. The van der Waals surface area contributed by atoms with Crippen molar-refractivity contribution in [3.8, 4) is 0 Å². The van der Waals surface area contributed by atoms with Crippen LogP contribution in [0.15, 0.2) is 12.1 Å². The fraction of sp³-hybridized carbons (Fsp3) is 0.250. The van der Waals surface area contributed by atoms with E-state index in [1.165, 1.54) is 4.90 Å². The van der Waals surface area contributed by atoms with Crippen molar-refractivity contribution in [1.82, 2.24) is 0 Å². The first-order valence-corrected chi connectivity index (χ1v) is 3.96. The lowest BCUT2D eigenvalue weighted by molar-refractivity contribution is 0.419. The Hall–Kier alpha value is -1.14. The summed E-state index contributed by atoms with van der Waals surface area (Å²) >= 11 is 0. The lowest BCUT2D eigenvalue weighted by Crippen LogP contribution is -2.36. The predicted octanol–water partition coefficient (Wildman–Crippen LogP) is -0.289. The molecule has 0 saturated carbocycles. The van der Waals surface area contributed by atoms with Gasteiger partial charge in [0.05, 0.1) is 5.46 Å². The second kappa shape index (κ2) is 3.94. The Balaban J connectivity index is 3.25. The molecule has 1 aromatic rings. The first-order chi connectivity index (χ1) is 6.43. The van der Waals surface area contributed by atoms with Gasteiger partial charge in [-0.3, -0.25) is 0 Å². The Morgan fingerprint density at radius 1 is 1.14 bits per heavy atom. The molecule has 0 saturated heterocycles. The molecule has 0 atom stereocenters. The topological polar surface area (TPSA) is 43.7 Å². The molecule has 0 radical (unpaired) electrons. The summed E-state index contributed by atoms with van der Waals surface area (Å²) in [6.45, 7) is 0. The van der Waals surface area contributed by atoms with E-state index >= 15 is 0 Å². The van der Waals surface area contributed by atoms with Crippen molar-refractivity contribution in [3.05, 3.63) is 23.8 Å². The van der Waals surface area contributed by atoms with Gasteiger partial charge in [0.1, 0.15) is 11.6 Å². The lowest BCUT2D eigenvalue weighted by Gasteiger charge is -2.14. The van der Waals surface area contributed by atoms with Crippen LogP contribution < -0.4 is 10.4 Å². The van der Waals surface area contributed by atoms with Crippen LogP contribution in [0.1, 0.15) is 0 Å². The van der Waals surface area contributed by atoms with Crippen LogP contribution in [0.25, 0.3) is 0 Å². The molecule has 76 valence electrons. The fourth-order valence-electron chi connectivity index (χ4n) is 1.08. The minimum absolute atomic E-state index is 0.324. The smallest absolute Gasteiger partial charge is 0.423 e. The molecule has 1 rings (SSSR count). The van der Waals surface area contributed by atoms with Gasteiger partial charge in [-0.1, -0.05) is 0 Å². The summed E-state index contributed by atoms with van der Waals surface area (Å²) in [4.78, 5) is 1.51. The number of benzene rings is 1. The van der Waals surface area contributed by atoms with Crippen LogP contribution in [0.2, 0.25) is 0 Å². The molecule has 0 amide bonds. The Labute approximate surface area is 80.7 Å². The molecule has 2 N–H and O–H groups in total. The number of hydrogen-bond donors (Lipinski definition) is 2. The Morgan fingerprint density at radius 2 is 1.57 bits per heavy atom. The van der Waals surface area contributed by atoms with E-state index in [0.29, 0.717) is 5.69 Å².